The van der Waals surface area contributed by atoms with Gasteiger partial charge in [0.15, 0.2) is 0 Å². The summed E-state index contributed by atoms with van der Waals surface area (Å²) in [4.78, 5) is 33.8. The van der Waals surface area contributed by atoms with Gasteiger partial charge in [-0.2, -0.15) is 0 Å². The van der Waals surface area contributed by atoms with E-state index in [1.54, 1.807) is 23.6 Å². The highest BCUT2D eigenvalue weighted by atomic mass is 16.1. The second-order valence-corrected chi connectivity index (χ2v) is 5.09. The zero-order chi connectivity index (χ0) is 15.3. The van der Waals surface area contributed by atoms with E-state index in [0.717, 1.165) is 5.69 Å². The van der Waals surface area contributed by atoms with Gasteiger partial charge in [0.1, 0.15) is 22.9 Å². The largest absolute Gasteiger partial charge is 0.293 e. The highest BCUT2D eigenvalue weighted by Crippen LogP contribution is 2.28. The van der Waals surface area contributed by atoms with Crippen molar-refractivity contribution >= 4 is 11.6 Å². The highest BCUT2D eigenvalue weighted by Gasteiger charge is 2.36. The van der Waals surface area contributed by atoms with Gasteiger partial charge in [0, 0.05) is 11.9 Å². The van der Waals surface area contributed by atoms with Crippen LogP contribution in [0, 0.1) is 6.92 Å². The number of aryl methyl sites for hydroxylation is 1. The molecule has 22 heavy (non-hydrogen) atoms. The second kappa shape index (κ2) is 4.46. The van der Waals surface area contributed by atoms with Crippen molar-refractivity contribution < 1.29 is 9.59 Å². The predicted octanol–water partition coefficient (Wildman–Crippen LogP) is 2.35. The quantitative estimate of drug-likeness (QED) is 0.539. The molecule has 1 aromatic carbocycles. The Labute approximate surface area is 126 Å². The van der Waals surface area contributed by atoms with Gasteiger partial charge in [-0.1, -0.05) is 18.2 Å². The lowest BCUT2D eigenvalue weighted by Gasteiger charge is -2.15. The van der Waals surface area contributed by atoms with E-state index in [1.165, 1.54) is 6.20 Å². The number of hydrogen-bond acceptors (Lipinski definition) is 4. The molecule has 0 N–H and O–H groups in total. The average molecular weight is 289 g/mol. The van der Waals surface area contributed by atoms with Crippen molar-refractivity contribution in [1.29, 1.82) is 0 Å². The molecule has 1 aliphatic rings. The predicted molar refractivity (Wildman–Crippen MR) is 79.4 cm³/mol. The molecule has 0 atom stereocenters. The summed E-state index contributed by atoms with van der Waals surface area (Å²) in [6.45, 7) is 1.78. The van der Waals surface area contributed by atoms with Crippen molar-refractivity contribution in [2.24, 2.45) is 0 Å². The first-order valence-corrected chi connectivity index (χ1v) is 6.87. The molecule has 0 saturated carbocycles. The van der Waals surface area contributed by atoms with Gasteiger partial charge in [0.05, 0.1) is 5.56 Å². The van der Waals surface area contributed by atoms with E-state index in [1.807, 2.05) is 30.3 Å². The van der Waals surface area contributed by atoms with Gasteiger partial charge < -0.3 is 0 Å². The van der Waals surface area contributed by atoms with Gasteiger partial charge in [-0.3, -0.25) is 19.1 Å². The van der Waals surface area contributed by atoms with Crippen LogP contribution in [0.5, 0.6) is 0 Å². The zero-order valence-electron chi connectivity index (χ0n) is 11.8. The number of imidazole rings is 1. The van der Waals surface area contributed by atoms with E-state index >= 15 is 0 Å². The molecule has 0 amide bonds. The first kappa shape index (κ1) is 12.6. The van der Waals surface area contributed by atoms with Crippen LogP contribution in [0.15, 0.2) is 48.7 Å². The maximum absolute atomic E-state index is 12.8. The standard InChI is InChI=1S/C17H11N3O2/c1-10-19-14-15(20(10)11-6-3-2-4-7-11)17(22)13-12(16(14)21)8-5-9-18-13/h2-9H,1H3. The number of carbonyl (C=O) groups is 2. The minimum atomic E-state index is -0.269. The summed E-state index contributed by atoms with van der Waals surface area (Å²) in [5.41, 5.74) is 1.80. The molecule has 2 aromatic heterocycles. The fourth-order valence-electron chi connectivity index (χ4n) is 2.80. The van der Waals surface area contributed by atoms with E-state index in [0.29, 0.717) is 17.1 Å². The van der Waals surface area contributed by atoms with Crippen LogP contribution in [0.1, 0.15) is 38.1 Å². The summed E-state index contributed by atoms with van der Waals surface area (Å²) < 4.78 is 1.72. The Morgan fingerprint density at radius 3 is 2.45 bits per heavy atom. The normalized spacial score (nSPS) is 13.0. The molecule has 0 bridgehead atoms. The Hall–Kier alpha value is -3.08. The molecule has 1 aliphatic carbocycles. The lowest BCUT2D eigenvalue weighted by atomic mass is 9.94. The van der Waals surface area contributed by atoms with Gasteiger partial charge in [0.25, 0.3) is 0 Å². The number of fused-ring (bicyclic) bond motifs is 2. The third kappa shape index (κ3) is 1.59. The number of aromatic nitrogens is 3. The summed E-state index contributed by atoms with van der Waals surface area (Å²) >= 11 is 0. The first-order chi connectivity index (χ1) is 10.7. The van der Waals surface area contributed by atoms with E-state index in [2.05, 4.69) is 9.97 Å². The Morgan fingerprint density at radius 2 is 1.68 bits per heavy atom. The van der Waals surface area contributed by atoms with Crippen molar-refractivity contribution in [3.8, 4) is 5.69 Å². The number of hydrogen-bond donors (Lipinski definition) is 0. The van der Waals surface area contributed by atoms with Crippen LogP contribution in [0.4, 0.5) is 0 Å². The average Bonchev–Trinajstić information content (AvgIpc) is 2.91. The SMILES string of the molecule is Cc1nc2c(n1-c1ccccc1)C(=O)c1ncccc1C2=O. The minimum absolute atomic E-state index is 0.192. The van der Waals surface area contributed by atoms with Crippen molar-refractivity contribution in [2.75, 3.05) is 0 Å². The maximum Gasteiger partial charge on any atom is 0.231 e. The third-order valence-electron chi connectivity index (χ3n) is 3.76. The molecule has 0 spiro atoms. The number of carbonyl (C=O) groups excluding carboxylic acids is 2. The molecule has 4 rings (SSSR count). The minimum Gasteiger partial charge on any atom is -0.293 e. The number of nitrogens with zero attached hydrogens (tertiary/aromatic N) is 3. The van der Waals surface area contributed by atoms with E-state index in [9.17, 15) is 9.59 Å². The van der Waals surface area contributed by atoms with Crippen LogP contribution in [-0.2, 0) is 0 Å². The molecule has 106 valence electrons. The summed E-state index contributed by atoms with van der Waals surface area (Å²) in [5, 5.41) is 0. The van der Waals surface area contributed by atoms with Gasteiger partial charge >= 0.3 is 0 Å². The Kier molecular flexibility index (Phi) is 2.56. The van der Waals surface area contributed by atoms with Crippen LogP contribution in [0.2, 0.25) is 0 Å². The molecular formula is C17H11N3O2. The molecule has 0 radical (unpaired) electrons. The number of pyridine rings is 1. The van der Waals surface area contributed by atoms with Crippen LogP contribution in [-0.4, -0.2) is 26.1 Å². The van der Waals surface area contributed by atoms with Crippen molar-refractivity contribution in [3.05, 3.63) is 77.1 Å². The third-order valence-corrected chi connectivity index (χ3v) is 3.76. The van der Waals surface area contributed by atoms with Crippen molar-refractivity contribution in [1.82, 2.24) is 14.5 Å². The number of para-hydroxylation sites is 1. The fraction of sp³-hybridized carbons (Fsp3) is 0.0588. The van der Waals surface area contributed by atoms with Gasteiger partial charge in [-0.25, -0.2) is 4.98 Å². The Morgan fingerprint density at radius 1 is 0.909 bits per heavy atom. The molecule has 0 saturated heterocycles. The Balaban J connectivity index is 2.03. The molecule has 3 aromatic rings. The summed E-state index contributed by atoms with van der Waals surface area (Å²) in [6.07, 6.45) is 1.52. The van der Waals surface area contributed by atoms with Crippen molar-refractivity contribution in [2.45, 2.75) is 6.92 Å². The van der Waals surface area contributed by atoms with Crippen LogP contribution in [0.25, 0.3) is 5.69 Å². The van der Waals surface area contributed by atoms with Gasteiger partial charge in [-0.15, -0.1) is 0 Å². The van der Waals surface area contributed by atoms with E-state index < -0.39 is 0 Å². The smallest absolute Gasteiger partial charge is 0.231 e. The highest BCUT2D eigenvalue weighted by molar-refractivity contribution is 6.26. The number of benzene rings is 1. The van der Waals surface area contributed by atoms with Crippen LogP contribution in [0.3, 0.4) is 0 Å². The van der Waals surface area contributed by atoms with Crippen molar-refractivity contribution in [3.63, 3.8) is 0 Å². The molecular weight excluding hydrogens is 278 g/mol. The first-order valence-electron chi connectivity index (χ1n) is 6.87. The lowest BCUT2D eigenvalue weighted by Crippen LogP contribution is -2.24. The monoisotopic (exact) mass is 289 g/mol. The summed E-state index contributed by atoms with van der Waals surface area (Å²) in [6, 6.07) is 12.7. The lowest BCUT2D eigenvalue weighted by molar-refractivity contribution is 0.0969. The molecule has 5 nitrogen and oxygen atoms in total. The van der Waals surface area contributed by atoms with Gasteiger partial charge in [-0.05, 0) is 31.2 Å². The van der Waals surface area contributed by atoms with Crippen LogP contribution < -0.4 is 0 Å². The summed E-state index contributed by atoms with van der Waals surface area (Å²) in [7, 11) is 0. The number of ketones is 2. The van der Waals surface area contributed by atoms with Crippen LogP contribution >= 0.6 is 0 Å². The number of rotatable bonds is 1. The van der Waals surface area contributed by atoms with E-state index in [4.69, 9.17) is 0 Å². The second-order valence-electron chi connectivity index (χ2n) is 5.09. The summed E-state index contributed by atoms with van der Waals surface area (Å²) in [5.74, 6) is 0.0795. The fourth-order valence-corrected chi connectivity index (χ4v) is 2.80. The van der Waals surface area contributed by atoms with E-state index in [-0.39, 0.29) is 23.0 Å². The zero-order valence-corrected chi connectivity index (χ0v) is 11.8. The Bertz CT molecular complexity index is 926. The molecule has 0 aliphatic heterocycles. The molecule has 5 heteroatoms. The maximum atomic E-state index is 12.8. The molecule has 0 unspecified atom stereocenters. The molecule has 2 heterocycles. The van der Waals surface area contributed by atoms with Gasteiger partial charge in [0.2, 0.25) is 11.6 Å². The molecule has 0 fully saturated rings. The topological polar surface area (TPSA) is 64.8 Å².